The minimum absolute atomic E-state index is 0.110. The van der Waals surface area contributed by atoms with Crippen LogP contribution in [0.1, 0.15) is 72.1 Å². The summed E-state index contributed by atoms with van der Waals surface area (Å²) in [6.07, 6.45) is 8.15. The second-order valence-corrected chi connectivity index (χ2v) is 10.4. The highest BCUT2D eigenvalue weighted by Crippen LogP contribution is 2.72. The van der Waals surface area contributed by atoms with Crippen LogP contribution in [0.2, 0.25) is 0 Å². The molecule has 4 fully saturated rings. The van der Waals surface area contributed by atoms with Gasteiger partial charge in [0.2, 0.25) is 0 Å². The largest absolute Gasteiger partial charge is 0.396 e. The first-order valence-electron chi connectivity index (χ1n) is 9.67. The molecule has 3 N–H and O–H groups in total. The lowest BCUT2D eigenvalue weighted by Crippen LogP contribution is -2.59. The van der Waals surface area contributed by atoms with E-state index >= 15 is 0 Å². The lowest BCUT2D eigenvalue weighted by molar-refractivity contribution is -0.185. The predicted molar refractivity (Wildman–Crippen MR) is 89.8 cm³/mol. The molecule has 0 saturated heterocycles. The van der Waals surface area contributed by atoms with E-state index in [-0.39, 0.29) is 29.0 Å². The second kappa shape index (κ2) is 4.74. The molecule has 23 heavy (non-hydrogen) atoms. The third-order valence-electron chi connectivity index (χ3n) is 8.89. The van der Waals surface area contributed by atoms with Crippen molar-refractivity contribution in [3.63, 3.8) is 0 Å². The van der Waals surface area contributed by atoms with Crippen molar-refractivity contribution < 1.29 is 15.3 Å². The van der Waals surface area contributed by atoms with E-state index in [1.54, 1.807) is 0 Å². The Labute approximate surface area is 140 Å². The molecule has 4 rings (SSSR count). The second-order valence-electron chi connectivity index (χ2n) is 10.4. The van der Waals surface area contributed by atoms with Crippen molar-refractivity contribution in [2.24, 2.45) is 34.0 Å². The Balaban J connectivity index is 1.74. The zero-order chi connectivity index (χ0) is 16.7. The quantitative estimate of drug-likeness (QED) is 0.695. The van der Waals surface area contributed by atoms with E-state index < -0.39 is 5.60 Å². The lowest BCUT2D eigenvalue weighted by atomic mass is 9.40. The Kier molecular flexibility index (Phi) is 3.37. The third-order valence-corrected chi connectivity index (χ3v) is 8.89. The summed E-state index contributed by atoms with van der Waals surface area (Å²) in [7, 11) is 0. The number of hydrogen-bond acceptors (Lipinski definition) is 3. The maximum absolute atomic E-state index is 10.9. The van der Waals surface area contributed by atoms with Crippen molar-refractivity contribution in [3.05, 3.63) is 0 Å². The van der Waals surface area contributed by atoms with Crippen molar-refractivity contribution in [1.82, 2.24) is 0 Å². The van der Waals surface area contributed by atoms with Crippen LogP contribution < -0.4 is 0 Å². The monoisotopic (exact) mass is 322 g/mol. The van der Waals surface area contributed by atoms with Gasteiger partial charge >= 0.3 is 0 Å². The Morgan fingerprint density at radius 3 is 2.39 bits per heavy atom. The van der Waals surface area contributed by atoms with Gasteiger partial charge in [0.25, 0.3) is 0 Å². The van der Waals surface area contributed by atoms with E-state index in [1.807, 2.05) is 0 Å². The Hall–Kier alpha value is -0.120. The summed E-state index contributed by atoms with van der Waals surface area (Å²) in [4.78, 5) is 0. The smallest absolute Gasteiger partial charge is 0.0653 e. The molecule has 2 bridgehead atoms. The molecule has 3 heteroatoms. The van der Waals surface area contributed by atoms with E-state index in [4.69, 9.17) is 0 Å². The number of fused-ring (bicyclic) bond motifs is 3. The van der Waals surface area contributed by atoms with Gasteiger partial charge < -0.3 is 15.3 Å². The van der Waals surface area contributed by atoms with Gasteiger partial charge in [-0.3, -0.25) is 0 Å². The highest BCUT2D eigenvalue weighted by molar-refractivity contribution is 5.16. The molecule has 3 nitrogen and oxygen atoms in total. The molecule has 4 saturated carbocycles. The SMILES string of the molecule is C[C@@]1(CO)C[C@@H](O)C[C@]2(C)[C@@H]1CC[C@@]13C[C@@H](CC[C@H]12)[C@](C)(O)C3. The summed E-state index contributed by atoms with van der Waals surface area (Å²) in [5, 5.41) is 31.5. The van der Waals surface area contributed by atoms with Crippen molar-refractivity contribution in [1.29, 1.82) is 0 Å². The van der Waals surface area contributed by atoms with E-state index in [0.717, 1.165) is 32.1 Å². The number of hydrogen-bond donors (Lipinski definition) is 3. The lowest BCUT2D eigenvalue weighted by Gasteiger charge is -2.64. The molecule has 132 valence electrons. The van der Waals surface area contributed by atoms with Gasteiger partial charge in [-0.05, 0) is 92.3 Å². The molecule has 0 aromatic rings. The fourth-order valence-electron chi connectivity index (χ4n) is 8.25. The number of aliphatic hydroxyl groups excluding tert-OH is 2. The van der Waals surface area contributed by atoms with Crippen LogP contribution >= 0.6 is 0 Å². The Morgan fingerprint density at radius 1 is 0.957 bits per heavy atom. The van der Waals surface area contributed by atoms with E-state index in [0.29, 0.717) is 17.8 Å². The van der Waals surface area contributed by atoms with Crippen LogP contribution in [-0.2, 0) is 0 Å². The molecular weight excluding hydrogens is 288 g/mol. The van der Waals surface area contributed by atoms with Crippen LogP contribution in [0.5, 0.6) is 0 Å². The van der Waals surface area contributed by atoms with Crippen LogP contribution in [-0.4, -0.2) is 33.6 Å². The van der Waals surface area contributed by atoms with Gasteiger partial charge in [0, 0.05) is 6.61 Å². The summed E-state index contributed by atoms with van der Waals surface area (Å²) in [5.74, 6) is 1.57. The number of aliphatic hydroxyl groups is 3. The first kappa shape index (κ1) is 16.4. The zero-order valence-corrected chi connectivity index (χ0v) is 15.0. The summed E-state index contributed by atoms with van der Waals surface area (Å²) in [6.45, 7) is 6.82. The summed E-state index contributed by atoms with van der Waals surface area (Å²) < 4.78 is 0. The fraction of sp³-hybridized carbons (Fsp3) is 1.00. The van der Waals surface area contributed by atoms with Crippen LogP contribution in [0.4, 0.5) is 0 Å². The molecule has 0 amide bonds. The predicted octanol–water partition coefficient (Wildman–Crippen LogP) is 3.11. The molecule has 4 aliphatic rings. The van der Waals surface area contributed by atoms with E-state index in [2.05, 4.69) is 20.8 Å². The molecule has 0 aromatic heterocycles. The van der Waals surface area contributed by atoms with Crippen molar-refractivity contribution >= 4 is 0 Å². The number of rotatable bonds is 1. The molecule has 4 aliphatic carbocycles. The highest BCUT2D eigenvalue weighted by atomic mass is 16.3. The first-order valence-corrected chi connectivity index (χ1v) is 9.67. The van der Waals surface area contributed by atoms with Crippen LogP contribution in [0.25, 0.3) is 0 Å². The van der Waals surface area contributed by atoms with Crippen LogP contribution in [0, 0.1) is 34.0 Å². The highest BCUT2D eigenvalue weighted by Gasteiger charge is 2.67. The van der Waals surface area contributed by atoms with Crippen LogP contribution in [0.15, 0.2) is 0 Å². The van der Waals surface area contributed by atoms with Gasteiger partial charge in [-0.25, -0.2) is 0 Å². The zero-order valence-electron chi connectivity index (χ0n) is 15.0. The Bertz CT molecular complexity index is 503. The fourth-order valence-corrected chi connectivity index (χ4v) is 8.25. The van der Waals surface area contributed by atoms with E-state index in [9.17, 15) is 15.3 Å². The van der Waals surface area contributed by atoms with Gasteiger partial charge in [-0.15, -0.1) is 0 Å². The van der Waals surface area contributed by atoms with Crippen molar-refractivity contribution in [3.8, 4) is 0 Å². The summed E-state index contributed by atoms with van der Waals surface area (Å²) in [6, 6.07) is 0. The normalized spacial score (nSPS) is 61.8. The average Bonchev–Trinajstić information content (AvgIpc) is 2.62. The third kappa shape index (κ3) is 2.05. The maximum atomic E-state index is 10.9. The van der Waals surface area contributed by atoms with Crippen molar-refractivity contribution in [2.75, 3.05) is 6.61 Å². The molecule has 0 unspecified atom stereocenters. The first-order chi connectivity index (χ1) is 10.7. The molecule has 1 spiro atoms. The van der Waals surface area contributed by atoms with Gasteiger partial charge in [0.1, 0.15) is 0 Å². The molecular formula is C20H34O3. The minimum Gasteiger partial charge on any atom is -0.396 e. The van der Waals surface area contributed by atoms with Crippen LogP contribution in [0.3, 0.4) is 0 Å². The summed E-state index contributed by atoms with van der Waals surface area (Å²) in [5.41, 5.74) is -0.249. The minimum atomic E-state index is -0.495. The average molecular weight is 322 g/mol. The molecule has 0 radical (unpaired) electrons. The van der Waals surface area contributed by atoms with Gasteiger partial charge in [-0.2, -0.15) is 0 Å². The standard InChI is InChI=1S/C20H34O3/c1-17(12-21)9-14(22)10-18(2)15(17)6-7-20-8-13(4-5-16(18)20)19(3,23)11-20/h13-16,21-23H,4-12H2,1-3H3/t13-,14-,15-,16+,17+,18-,19-,20+/m1/s1. The van der Waals surface area contributed by atoms with Gasteiger partial charge in [0.05, 0.1) is 11.7 Å². The van der Waals surface area contributed by atoms with Gasteiger partial charge in [0.15, 0.2) is 0 Å². The maximum Gasteiger partial charge on any atom is 0.0653 e. The molecule has 0 aliphatic heterocycles. The topological polar surface area (TPSA) is 60.7 Å². The summed E-state index contributed by atoms with van der Waals surface area (Å²) >= 11 is 0. The molecule has 0 heterocycles. The van der Waals surface area contributed by atoms with E-state index in [1.165, 1.54) is 19.3 Å². The van der Waals surface area contributed by atoms with Crippen molar-refractivity contribution in [2.45, 2.75) is 83.8 Å². The molecule has 0 aromatic carbocycles. The van der Waals surface area contributed by atoms with Gasteiger partial charge in [-0.1, -0.05) is 13.8 Å². The Morgan fingerprint density at radius 2 is 1.70 bits per heavy atom. The molecule has 8 atom stereocenters.